The van der Waals surface area contributed by atoms with Crippen molar-refractivity contribution in [2.24, 2.45) is 5.92 Å². The van der Waals surface area contributed by atoms with E-state index in [4.69, 9.17) is 4.74 Å². The van der Waals surface area contributed by atoms with Crippen LogP contribution in [0.2, 0.25) is 0 Å². The molecule has 0 bridgehead atoms. The fourth-order valence-electron chi connectivity index (χ4n) is 4.92. The van der Waals surface area contributed by atoms with Crippen LogP contribution in [0.25, 0.3) is 0 Å². The van der Waals surface area contributed by atoms with Crippen molar-refractivity contribution in [2.45, 2.75) is 97.0 Å². The summed E-state index contributed by atoms with van der Waals surface area (Å²) in [5.41, 5.74) is 1.94. The standard InChI is InChI=1S/C22H35NO3/c1-6-23-20(24)17(4)18-11-9-15(2)8-7-13-21(5)19(26-21)12-10-16(3)14-22(18,23)25/h8,16,19,25H,6-7,9-14H2,1-5H3/b15-8+/t16-,19-,21+,22?/m0/s1. The molecule has 0 radical (unpaired) electrons. The molecule has 4 atom stereocenters. The lowest BCUT2D eigenvalue weighted by atomic mass is 9.85. The smallest absolute Gasteiger partial charge is 0.252 e. The summed E-state index contributed by atoms with van der Waals surface area (Å²) in [5.74, 6) is 0.344. The molecule has 0 aromatic heterocycles. The number of rotatable bonds is 1. The van der Waals surface area contributed by atoms with E-state index in [2.05, 4.69) is 26.8 Å². The highest BCUT2D eigenvalue weighted by Crippen LogP contribution is 2.46. The minimum Gasteiger partial charge on any atom is -0.367 e. The van der Waals surface area contributed by atoms with Crippen molar-refractivity contribution >= 4 is 5.91 Å². The van der Waals surface area contributed by atoms with Crippen molar-refractivity contribution in [3.63, 3.8) is 0 Å². The average molecular weight is 362 g/mol. The zero-order valence-corrected chi connectivity index (χ0v) is 17.1. The number of allylic oxidation sites excluding steroid dienone is 2. The lowest BCUT2D eigenvalue weighted by Crippen LogP contribution is -2.49. The topological polar surface area (TPSA) is 53.1 Å². The molecule has 4 heteroatoms. The van der Waals surface area contributed by atoms with E-state index in [1.807, 2.05) is 13.8 Å². The third-order valence-corrected chi connectivity index (χ3v) is 6.76. The van der Waals surface area contributed by atoms with Crippen molar-refractivity contribution < 1.29 is 14.6 Å². The SMILES string of the molecule is CCN1C(=O)C(C)=C2CC/C(C)=C/CC[C@@]3(C)O[C@H]3CC[C@H](C)CC21O. The second-order valence-corrected chi connectivity index (χ2v) is 8.86. The van der Waals surface area contributed by atoms with Gasteiger partial charge in [-0.3, -0.25) is 4.79 Å². The maximum Gasteiger partial charge on any atom is 0.252 e. The molecule has 0 aromatic carbocycles. The van der Waals surface area contributed by atoms with Gasteiger partial charge in [0, 0.05) is 18.5 Å². The van der Waals surface area contributed by atoms with Crippen LogP contribution in [0.5, 0.6) is 0 Å². The normalized spacial score (nSPS) is 41.2. The zero-order chi connectivity index (χ0) is 19.1. The Morgan fingerprint density at radius 2 is 2.04 bits per heavy atom. The highest BCUT2D eigenvalue weighted by Gasteiger charge is 2.52. The number of aliphatic hydroxyl groups is 1. The first kappa shape index (κ1) is 19.6. The Morgan fingerprint density at radius 3 is 2.73 bits per heavy atom. The van der Waals surface area contributed by atoms with Crippen LogP contribution in [0.4, 0.5) is 0 Å². The Hall–Kier alpha value is -1.13. The van der Waals surface area contributed by atoms with Crippen molar-refractivity contribution in [2.75, 3.05) is 6.54 Å². The molecule has 1 fully saturated rings. The predicted molar refractivity (Wildman–Crippen MR) is 104 cm³/mol. The number of nitrogens with zero attached hydrogens (tertiary/aromatic N) is 1. The number of hydrogen-bond acceptors (Lipinski definition) is 3. The first-order valence-corrected chi connectivity index (χ1v) is 10.3. The first-order chi connectivity index (χ1) is 12.2. The van der Waals surface area contributed by atoms with Crippen LogP contribution < -0.4 is 0 Å². The number of amides is 1. The van der Waals surface area contributed by atoms with Crippen LogP contribution in [0.15, 0.2) is 22.8 Å². The Kier molecular flexibility index (Phi) is 5.38. The van der Waals surface area contributed by atoms with E-state index in [0.717, 1.165) is 49.7 Å². The maximum absolute atomic E-state index is 12.7. The van der Waals surface area contributed by atoms with E-state index in [1.54, 1.807) is 4.90 Å². The number of carbonyl (C=O) groups excluding carboxylic acids is 1. The summed E-state index contributed by atoms with van der Waals surface area (Å²) in [7, 11) is 0. The molecule has 26 heavy (non-hydrogen) atoms. The van der Waals surface area contributed by atoms with E-state index in [1.165, 1.54) is 5.57 Å². The van der Waals surface area contributed by atoms with Crippen LogP contribution in [0.3, 0.4) is 0 Å². The maximum atomic E-state index is 12.7. The molecule has 3 aliphatic rings. The van der Waals surface area contributed by atoms with Gasteiger partial charge in [-0.25, -0.2) is 0 Å². The minimum absolute atomic E-state index is 0.00116. The molecule has 1 N–H and O–H groups in total. The highest BCUT2D eigenvalue weighted by atomic mass is 16.6. The molecule has 146 valence electrons. The summed E-state index contributed by atoms with van der Waals surface area (Å²) in [4.78, 5) is 14.4. The van der Waals surface area contributed by atoms with Crippen LogP contribution >= 0.6 is 0 Å². The quantitative estimate of drug-likeness (QED) is 0.558. The number of carbonyl (C=O) groups is 1. The van der Waals surface area contributed by atoms with Gasteiger partial charge in [0.2, 0.25) is 0 Å². The molecule has 2 aliphatic heterocycles. The van der Waals surface area contributed by atoms with Gasteiger partial charge in [-0.1, -0.05) is 18.6 Å². The summed E-state index contributed by atoms with van der Waals surface area (Å²) >= 11 is 0. The molecule has 0 saturated carbocycles. The van der Waals surface area contributed by atoms with Crippen molar-refractivity contribution in [3.05, 3.63) is 22.8 Å². The lowest BCUT2D eigenvalue weighted by Gasteiger charge is -2.38. The molecule has 4 nitrogen and oxygen atoms in total. The molecule has 1 unspecified atom stereocenters. The van der Waals surface area contributed by atoms with E-state index in [0.29, 0.717) is 25.0 Å². The van der Waals surface area contributed by atoms with Crippen LogP contribution in [-0.4, -0.2) is 39.9 Å². The Bertz CT molecular complexity index is 637. The van der Waals surface area contributed by atoms with Crippen molar-refractivity contribution in [3.8, 4) is 0 Å². The van der Waals surface area contributed by atoms with Crippen molar-refractivity contribution in [1.82, 2.24) is 4.90 Å². The number of likely N-dealkylation sites (N-methyl/N-ethyl adjacent to an activating group) is 1. The molecular formula is C22H35NO3. The minimum atomic E-state index is -1.12. The van der Waals surface area contributed by atoms with Crippen LogP contribution in [0.1, 0.15) is 79.6 Å². The van der Waals surface area contributed by atoms with Crippen LogP contribution in [0, 0.1) is 5.92 Å². The van der Waals surface area contributed by atoms with Crippen molar-refractivity contribution in [1.29, 1.82) is 0 Å². The molecule has 1 amide bonds. The zero-order valence-electron chi connectivity index (χ0n) is 17.1. The van der Waals surface area contributed by atoms with E-state index < -0.39 is 5.72 Å². The number of fused-ring (bicyclic) bond motifs is 2. The molecule has 0 aromatic rings. The summed E-state index contributed by atoms with van der Waals surface area (Å²) in [6, 6.07) is 0. The second kappa shape index (κ2) is 7.12. The van der Waals surface area contributed by atoms with E-state index in [9.17, 15) is 9.90 Å². The highest BCUT2D eigenvalue weighted by molar-refractivity contribution is 5.97. The molecule has 2 heterocycles. The fraction of sp³-hybridized carbons (Fsp3) is 0.773. The second-order valence-electron chi connectivity index (χ2n) is 8.86. The Labute approximate surface area is 158 Å². The monoisotopic (exact) mass is 361 g/mol. The average Bonchev–Trinajstić information content (AvgIpc) is 3.17. The molecule has 0 spiro atoms. The van der Waals surface area contributed by atoms with Gasteiger partial charge in [-0.2, -0.15) is 0 Å². The van der Waals surface area contributed by atoms with Gasteiger partial charge >= 0.3 is 0 Å². The molecule has 1 saturated heterocycles. The third-order valence-electron chi connectivity index (χ3n) is 6.76. The van der Waals surface area contributed by atoms with Gasteiger partial charge in [0.05, 0.1) is 11.7 Å². The lowest BCUT2D eigenvalue weighted by molar-refractivity contribution is -0.145. The number of epoxide rings is 1. The van der Waals surface area contributed by atoms with Gasteiger partial charge in [-0.15, -0.1) is 0 Å². The first-order valence-electron chi connectivity index (χ1n) is 10.3. The Balaban J connectivity index is 1.87. The van der Waals surface area contributed by atoms with Gasteiger partial charge < -0.3 is 14.7 Å². The number of hydrogen-bond donors (Lipinski definition) is 1. The summed E-state index contributed by atoms with van der Waals surface area (Å²) in [6.07, 6.45) is 9.11. The largest absolute Gasteiger partial charge is 0.367 e. The Morgan fingerprint density at radius 1 is 1.31 bits per heavy atom. The molecular weight excluding hydrogens is 326 g/mol. The third kappa shape index (κ3) is 3.50. The predicted octanol–water partition coefficient (Wildman–Crippen LogP) is 4.34. The van der Waals surface area contributed by atoms with E-state index in [-0.39, 0.29) is 11.5 Å². The van der Waals surface area contributed by atoms with Gasteiger partial charge in [0.25, 0.3) is 5.91 Å². The van der Waals surface area contributed by atoms with E-state index >= 15 is 0 Å². The van der Waals surface area contributed by atoms with Gasteiger partial charge in [0.15, 0.2) is 5.72 Å². The molecule has 1 aliphatic carbocycles. The van der Waals surface area contributed by atoms with Gasteiger partial charge in [-0.05, 0) is 77.7 Å². The number of ether oxygens (including phenoxy) is 1. The summed E-state index contributed by atoms with van der Waals surface area (Å²) < 4.78 is 5.99. The fourth-order valence-corrected chi connectivity index (χ4v) is 4.92. The van der Waals surface area contributed by atoms with Gasteiger partial charge in [0.1, 0.15) is 0 Å². The summed E-state index contributed by atoms with van der Waals surface area (Å²) in [5, 5.41) is 11.6. The molecule has 3 rings (SSSR count). The summed E-state index contributed by atoms with van der Waals surface area (Å²) in [6.45, 7) is 11.0. The van der Waals surface area contributed by atoms with Crippen LogP contribution in [-0.2, 0) is 9.53 Å².